The molecule has 2 N–H and O–H groups in total. The summed E-state index contributed by atoms with van der Waals surface area (Å²) < 4.78 is 5.67. The number of halogens is 2. The lowest BCUT2D eigenvalue weighted by Gasteiger charge is -2.03. The summed E-state index contributed by atoms with van der Waals surface area (Å²) >= 11 is 11.9. The number of aromatic hydroxyl groups is 1. The van der Waals surface area contributed by atoms with E-state index in [2.05, 4.69) is 10.5 Å². The van der Waals surface area contributed by atoms with E-state index in [0.717, 1.165) is 11.1 Å². The van der Waals surface area contributed by atoms with Gasteiger partial charge in [-0.25, -0.2) is 5.43 Å². The Kier molecular flexibility index (Phi) is 5.30. The third-order valence-electron chi connectivity index (χ3n) is 3.64. The maximum atomic E-state index is 12.0. The van der Waals surface area contributed by atoms with Crippen LogP contribution in [0.1, 0.15) is 21.7 Å². The highest BCUT2D eigenvalue weighted by atomic mass is 35.5. The maximum absolute atomic E-state index is 12.0. The summed E-state index contributed by atoms with van der Waals surface area (Å²) in [5, 5.41) is 14.5. The molecule has 0 bridgehead atoms. The number of phenols is 1. The Morgan fingerprint density at radius 3 is 2.73 bits per heavy atom. The molecule has 0 aliphatic carbocycles. The number of furan rings is 1. The van der Waals surface area contributed by atoms with Crippen LogP contribution in [0.5, 0.6) is 5.75 Å². The highest BCUT2D eigenvalue weighted by Gasteiger charge is 2.11. The number of nitrogens with one attached hydrogen (secondary N) is 1. The molecule has 0 unspecified atom stereocenters. The van der Waals surface area contributed by atoms with Crippen molar-refractivity contribution < 1.29 is 14.3 Å². The number of aryl methyl sites for hydroxylation is 1. The van der Waals surface area contributed by atoms with Crippen molar-refractivity contribution in [1.82, 2.24) is 5.43 Å². The number of amides is 1. The van der Waals surface area contributed by atoms with Crippen LogP contribution < -0.4 is 5.43 Å². The fourth-order valence-corrected chi connectivity index (χ4v) is 2.58. The van der Waals surface area contributed by atoms with E-state index in [1.807, 2.05) is 25.1 Å². The van der Waals surface area contributed by atoms with Crippen molar-refractivity contribution in [3.05, 3.63) is 75.5 Å². The van der Waals surface area contributed by atoms with Gasteiger partial charge in [0.1, 0.15) is 17.3 Å². The summed E-state index contributed by atoms with van der Waals surface area (Å²) in [6.07, 6.45) is 1.36. The third-order valence-corrected chi connectivity index (χ3v) is 4.29. The molecule has 7 heteroatoms. The molecule has 0 atom stereocenters. The summed E-state index contributed by atoms with van der Waals surface area (Å²) in [6.45, 7) is 1.92. The molecule has 0 spiro atoms. The zero-order valence-electron chi connectivity index (χ0n) is 13.7. The van der Waals surface area contributed by atoms with E-state index in [1.54, 1.807) is 12.1 Å². The van der Waals surface area contributed by atoms with Gasteiger partial charge in [-0.3, -0.25) is 4.79 Å². The predicted molar refractivity (Wildman–Crippen MR) is 102 cm³/mol. The van der Waals surface area contributed by atoms with Gasteiger partial charge in [-0.05, 0) is 48.9 Å². The summed E-state index contributed by atoms with van der Waals surface area (Å²) in [5.74, 6) is 0.316. The first kappa shape index (κ1) is 18.0. The van der Waals surface area contributed by atoms with Gasteiger partial charge in [0, 0.05) is 15.6 Å². The molecular weight excluding hydrogens is 375 g/mol. The number of carbonyl (C=O) groups excluding carboxylic acids is 1. The standard InChI is InChI=1S/C19H14Cl2N2O3/c1-11-2-3-12(8-16(11)21)18-7-5-14(26-18)10-22-23-19(25)15-9-13(20)4-6-17(15)24/h2-10,24H,1H3,(H,23,25)/b22-10+. The van der Waals surface area contributed by atoms with Crippen LogP contribution in [0, 0.1) is 6.92 Å². The second kappa shape index (κ2) is 7.64. The molecule has 1 aromatic heterocycles. The van der Waals surface area contributed by atoms with E-state index in [0.29, 0.717) is 21.6 Å². The minimum Gasteiger partial charge on any atom is -0.507 e. The van der Waals surface area contributed by atoms with E-state index < -0.39 is 5.91 Å². The number of hydrogen-bond acceptors (Lipinski definition) is 4. The number of carbonyl (C=O) groups is 1. The van der Waals surface area contributed by atoms with Gasteiger partial charge in [-0.1, -0.05) is 35.3 Å². The molecule has 3 aromatic rings. The minimum absolute atomic E-state index is 0.0316. The Hall–Kier alpha value is -2.76. The summed E-state index contributed by atoms with van der Waals surface area (Å²) in [5.41, 5.74) is 4.17. The molecule has 0 saturated carbocycles. The first-order valence-corrected chi connectivity index (χ1v) is 8.38. The molecular formula is C19H14Cl2N2O3. The topological polar surface area (TPSA) is 74.8 Å². The van der Waals surface area contributed by atoms with Crippen LogP contribution in [-0.2, 0) is 0 Å². The summed E-state index contributed by atoms with van der Waals surface area (Å²) in [6, 6.07) is 13.3. The normalized spacial score (nSPS) is 11.0. The van der Waals surface area contributed by atoms with Crippen molar-refractivity contribution in [2.24, 2.45) is 5.10 Å². The lowest BCUT2D eigenvalue weighted by atomic mass is 10.1. The Morgan fingerprint density at radius 1 is 1.15 bits per heavy atom. The molecule has 0 aliphatic rings. The fourth-order valence-electron chi connectivity index (χ4n) is 2.23. The monoisotopic (exact) mass is 388 g/mol. The summed E-state index contributed by atoms with van der Waals surface area (Å²) in [7, 11) is 0. The second-order valence-corrected chi connectivity index (χ2v) is 6.37. The fraction of sp³-hybridized carbons (Fsp3) is 0.0526. The van der Waals surface area contributed by atoms with E-state index in [4.69, 9.17) is 27.6 Å². The number of hydrazone groups is 1. The van der Waals surface area contributed by atoms with Crippen molar-refractivity contribution in [2.45, 2.75) is 6.92 Å². The zero-order chi connectivity index (χ0) is 18.7. The lowest BCUT2D eigenvalue weighted by Crippen LogP contribution is -2.17. The molecule has 26 heavy (non-hydrogen) atoms. The van der Waals surface area contributed by atoms with Crippen LogP contribution in [0.2, 0.25) is 10.0 Å². The zero-order valence-corrected chi connectivity index (χ0v) is 15.2. The Morgan fingerprint density at radius 2 is 1.96 bits per heavy atom. The van der Waals surface area contributed by atoms with E-state index >= 15 is 0 Å². The summed E-state index contributed by atoms with van der Waals surface area (Å²) in [4.78, 5) is 12.0. The van der Waals surface area contributed by atoms with Crippen molar-refractivity contribution in [1.29, 1.82) is 0 Å². The van der Waals surface area contributed by atoms with Gasteiger partial charge < -0.3 is 9.52 Å². The minimum atomic E-state index is -0.585. The van der Waals surface area contributed by atoms with Crippen molar-refractivity contribution >= 4 is 35.3 Å². The van der Waals surface area contributed by atoms with Gasteiger partial charge >= 0.3 is 0 Å². The molecule has 1 amide bonds. The second-order valence-electron chi connectivity index (χ2n) is 5.53. The van der Waals surface area contributed by atoms with Crippen LogP contribution in [0.25, 0.3) is 11.3 Å². The molecule has 2 aromatic carbocycles. The van der Waals surface area contributed by atoms with Gasteiger partial charge in [0.2, 0.25) is 0 Å². The molecule has 0 fully saturated rings. The quantitative estimate of drug-likeness (QED) is 0.485. The van der Waals surface area contributed by atoms with Crippen LogP contribution in [0.3, 0.4) is 0 Å². The van der Waals surface area contributed by atoms with Gasteiger partial charge in [-0.15, -0.1) is 0 Å². The Balaban J connectivity index is 1.70. The number of hydrogen-bond donors (Lipinski definition) is 2. The number of rotatable bonds is 4. The van der Waals surface area contributed by atoms with Crippen LogP contribution >= 0.6 is 23.2 Å². The molecule has 1 heterocycles. The molecule has 132 valence electrons. The van der Waals surface area contributed by atoms with Crippen LogP contribution in [0.4, 0.5) is 0 Å². The smallest absolute Gasteiger partial charge is 0.275 e. The average molecular weight is 389 g/mol. The van der Waals surface area contributed by atoms with Crippen LogP contribution in [-0.4, -0.2) is 17.2 Å². The third kappa shape index (κ3) is 4.07. The number of benzene rings is 2. The van der Waals surface area contributed by atoms with E-state index in [1.165, 1.54) is 24.4 Å². The molecule has 0 radical (unpaired) electrons. The van der Waals surface area contributed by atoms with Crippen molar-refractivity contribution in [3.63, 3.8) is 0 Å². The van der Waals surface area contributed by atoms with E-state index in [-0.39, 0.29) is 11.3 Å². The average Bonchev–Trinajstić information content (AvgIpc) is 3.08. The number of phenolic OH excluding ortho intramolecular Hbond substituents is 1. The van der Waals surface area contributed by atoms with Gasteiger partial charge in [0.15, 0.2) is 0 Å². The molecule has 0 saturated heterocycles. The maximum Gasteiger partial charge on any atom is 0.275 e. The van der Waals surface area contributed by atoms with Gasteiger partial charge in [-0.2, -0.15) is 5.10 Å². The SMILES string of the molecule is Cc1ccc(-c2ccc(/C=N/NC(=O)c3cc(Cl)ccc3O)o2)cc1Cl. The largest absolute Gasteiger partial charge is 0.507 e. The van der Waals surface area contributed by atoms with Crippen molar-refractivity contribution in [2.75, 3.05) is 0 Å². The Bertz CT molecular complexity index is 996. The highest BCUT2D eigenvalue weighted by molar-refractivity contribution is 6.31. The number of nitrogens with zero attached hydrogens (tertiary/aromatic N) is 1. The molecule has 5 nitrogen and oxygen atoms in total. The van der Waals surface area contributed by atoms with Crippen molar-refractivity contribution in [3.8, 4) is 17.1 Å². The van der Waals surface area contributed by atoms with Gasteiger partial charge in [0.25, 0.3) is 5.91 Å². The first-order valence-electron chi connectivity index (χ1n) is 7.62. The first-order chi connectivity index (χ1) is 12.4. The molecule has 3 rings (SSSR count). The lowest BCUT2D eigenvalue weighted by molar-refractivity contribution is 0.0952. The molecule has 0 aliphatic heterocycles. The predicted octanol–water partition coefficient (Wildman–Crippen LogP) is 5.03. The highest BCUT2D eigenvalue weighted by Crippen LogP contribution is 2.26. The van der Waals surface area contributed by atoms with E-state index in [9.17, 15) is 9.90 Å². The van der Waals surface area contributed by atoms with Gasteiger partial charge in [0.05, 0.1) is 11.8 Å². The van der Waals surface area contributed by atoms with Crippen LogP contribution in [0.15, 0.2) is 58.0 Å². The Labute approximate surface area is 159 Å².